The highest BCUT2D eigenvalue weighted by molar-refractivity contribution is 5.59. The van der Waals surface area contributed by atoms with Crippen molar-refractivity contribution in [1.82, 2.24) is 60.0 Å². The van der Waals surface area contributed by atoms with Crippen molar-refractivity contribution < 1.29 is 18.9 Å². The fourth-order valence-electron chi connectivity index (χ4n) is 11.9. The van der Waals surface area contributed by atoms with E-state index >= 15 is 0 Å². The van der Waals surface area contributed by atoms with Crippen LogP contribution in [0.25, 0.3) is 0 Å². The Morgan fingerprint density at radius 1 is 0.307 bits per heavy atom. The number of aromatic nitrogens is 12. The highest BCUT2D eigenvalue weighted by atomic mass is 16.5. The maximum Gasteiger partial charge on any atom is 0.126 e. The van der Waals surface area contributed by atoms with Crippen LogP contribution in [0.4, 0.5) is 0 Å². The van der Waals surface area contributed by atoms with Gasteiger partial charge in [0, 0.05) is 51.9 Å². The second kappa shape index (κ2) is 33.7. The first-order valence-corrected chi connectivity index (χ1v) is 32.7. The van der Waals surface area contributed by atoms with Gasteiger partial charge in [0.05, 0.1) is 100 Å². The molecule has 4 aromatic heterocycles. The van der Waals surface area contributed by atoms with Gasteiger partial charge in [-0.3, -0.25) is 0 Å². The zero-order chi connectivity index (χ0) is 61.5. The summed E-state index contributed by atoms with van der Waals surface area (Å²) in [4.78, 5) is 0. The standard InChI is InChI=1S/C68H96N16O4/c1-5-9-13-17-21-85-65-53-25-49(41-81-45-61(37-69)73-77-81)26-54(65)34-56-28-51(43-83-47-63(39-71)75-79-83)30-58(67(56)87-23-19-15-11-7-3)36-60-32-52(44-84-48-64(40-72)76-80-84)31-59(68(60)88-24-20-16-12-8-4)35-57-29-50(42-82-46-62(38-70)74-78-82)27-55(33-53)66(57)86-22-18-14-10-6-2/h25-32,45-48H,5-24,33-44,69-72H2,1-4H3. The number of rotatable bonds is 36. The fourth-order valence-corrected chi connectivity index (χ4v) is 11.9. The number of fused-ring (bicyclic) bond motifs is 8. The first-order valence-electron chi connectivity index (χ1n) is 32.7. The van der Waals surface area contributed by atoms with Crippen LogP contribution >= 0.6 is 0 Å². The molecular formula is C68H96N16O4. The first-order chi connectivity index (χ1) is 43.2. The van der Waals surface area contributed by atoms with Crippen LogP contribution in [0, 0.1) is 0 Å². The Balaban J connectivity index is 1.34. The number of hydrogen-bond acceptors (Lipinski definition) is 16. The van der Waals surface area contributed by atoms with Crippen molar-refractivity contribution in [3.63, 3.8) is 0 Å². The lowest BCUT2D eigenvalue weighted by molar-refractivity contribution is 0.293. The smallest absolute Gasteiger partial charge is 0.126 e. The third-order valence-electron chi connectivity index (χ3n) is 16.3. The van der Waals surface area contributed by atoms with Crippen molar-refractivity contribution in [3.05, 3.63) is 163 Å². The first kappa shape index (κ1) is 64.9. The quantitative estimate of drug-likeness (QED) is 0.0266. The van der Waals surface area contributed by atoms with Crippen LogP contribution in [0.2, 0.25) is 0 Å². The van der Waals surface area contributed by atoms with Gasteiger partial charge in [-0.25, -0.2) is 18.7 Å². The van der Waals surface area contributed by atoms with E-state index in [2.05, 4.69) is 117 Å². The van der Waals surface area contributed by atoms with E-state index in [9.17, 15) is 0 Å². The van der Waals surface area contributed by atoms with Crippen molar-refractivity contribution >= 4 is 0 Å². The molecular weight excluding hydrogens is 1100 g/mol. The van der Waals surface area contributed by atoms with Crippen molar-refractivity contribution in [2.24, 2.45) is 22.9 Å². The molecule has 4 aromatic carbocycles. The van der Waals surface area contributed by atoms with Crippen LogP contribution in [0.3, 0.4) is 0 Å². The molecule has 0 unspecified atom stereocenters. The van der Waals surface area contributed by atoms with E-state index in [4.69, 9.17) is 41.9 Å². The zero-order valence-corrected chi connectivity index (χ0v) is 52.9. The lowest BCUT2D eigenvalue weighted by atomic mass is 9.88. The summed E-state index contributed by atoms with van der Waals surface area (Å²) in [6, 6.07) is 18.4. The third kappa shape index (κ3) is 18.3. The molecule has 0 atom stereocenters. The Bertz CT molecular complexity index is 2900. The van der Waals surface area contributed by atoms with E-state index in [0.29, 0.717) is 104 Å². The molecule has 88 heavy (non-hydrogen) atoms. The van der Waals surface area contributed by atoms with E-state index in [1.165, 1.54) is 0 Å². The van der Waals surface area contributed by atoms with Gasteiger partial charge in [-0.2, -0.15) is 0 Å². The van der Waals surface area contributed by atoms with Crippen LogP contribution in [0.1, 0.15) is 220 Å². The second-order valence-corrected chi connectivity index (χ2v) is 23.8. The molecule has 0 saturated carbocycles. The Hall–Kier alpha value is -7.52. The monoisotopic (exact) mass is 1200 g/mol. The van der Waals surface area contributed by atoms with Gasteiger partial charge in [-0.1, -0.05) is 126 Å². The molecule has 9 rings (SSSR count). The van der Waals surface area contributed by atoms with Gasteiger partial charge in [0.2, 0.25) is 0 Å². The van der Waals surface area contributed by atoms with Crippen LogP contribution < -0.4 is 41.9 Å². The Kier molecular flexibility index (Phi) is 24.9. The molecule has 0 aliphatic heterocycles. The number of unbranched alkanes of at least 4 members (excludes halogenated alkanes) is 12. The van der Waals surface area contributed by atoms with Gasteiger partial charge in [0.15, 0.2) is 0 Å². The maximum absolute atomic E-state index is 7.29. The summed E-state index contributed by atoms with van der Waals surface area (Å²) < 4.78 is 36.7. The number of hydrogen-bond donors (Lipinski definition) is 4. The summed E-state index contributed by atoms with van der Waals surface area (Å²) in [5.74, 6) is 3.45. The molecule has 1 aliphatic carbocycles. The minimum absolute atomic E-state index is 0.292. The molecule has 0 saturated heterocycles. The van der Waals surface area contributed by atoms with E-state index in [-0.39, 0.29) is 0 Å². The topological polar surface area (TPSA) is 264 Å². The van der Waals surface area contributed by atoms with Crippen LogP contribution in [0.5, 0.6) is 23.0 Å². The summed E-state index contributed by atoms with van der Waals surface area (Å²) in [7, 11) is 0. The number of ether oxygens (including phenoxy) is 4. The number of nitrogens with zero attached hydrogens (tertiary/aromatic N) is 12. The van der Waals surface area contributed by atoms with Crippen molar-refractivity contribution in [2.75, 3.05) is 26.4 Å². The summed E-state index contributed by atoms with van der Waals surface area (Å²) in [5.41, 5.74) is 39.9. The number of benzene rings is 4. The van der Waals surface area contributed by atoms with Gasteiger partial charge in [-0.05, 0) is 141 Å². The minimum atomic E-state index is 0.292. The van der Waals surface area contributed by atoms with E-state index < -0.39 is 0 Å². The molecule has 8 bridgehead atoms. The highest BCUT2D eigenvalue weighted by Crippen LogP contribution is 2.42. The molecule has 472 valence electrons. The predicted octanol–water partition coefficient (Wildman–Crippen LogP) is 10.6. The fraction of sp³-hybridized carbons (Fsp3) is 0.529. The molecule has 8 N–H and O–H groups in total. The molecule has 0 amide bonds. The van der Waals surface area contributed by atoms with Crippen LogP contribution in [-0.2, 0) is 78.0 Å². The average Bonchev–Trinajstić information content (AvgIpc) is 2.38. The van der Waals surface area contributed by atoms with Gasteiger partial charge < -0.3 is 41.9 Å². The molecule has 20 heteroatoms. The van der Waals surface area contributed by atoms with Crippen molar-refractivity contribution in [1.29, 1.82) is 0 Å². The maximum atomic E-state index is 7.29. The molecule has 4 heterocycles. The largest absolute Gasteiger partial charge is 0.493 e. The number of nitrogens with two attached hydrogens (primary N) is 4. The Morgan fingerprint density at radius 3 is 0.682 bits per heavy atom. The SMILES string of the molecule is CCCCCCOc1c2cc(Cn3cc(CN)nn3)cc1Cc1cc(Cn3cc(CN)nn3)cc(c1OCCCCCC)Cc1cc(Cn3cc(CN)nn3)cc(c1OCCCCCC)Cc1cc(Cn3cc(CN)nn3)cc(c1OCCCCCC)C2. The van der Waals surface area contributed by atoms with E-state index in [1.807, 2.05) is 43.5 Å². The zero-order valence-electron chi connectivity index (χ0n) is 52.9. The lowest BCUT2D eigenvalue weighted by Gasteiger charge is -2.25. The minimum Gasteiger partial charge on any atom is -0.493 e. The molecule has 8 aromatic rings. The van der Waals surface area contributed by atoms with Gasteiger partial charge in [0.25, 0.3) is 0 Å². The summed E-state index contributed by atoms with van der Waals surface area (Å²) >= 11 is 0. The second-order valence-electron chi connectivity index (χ2n) is 23.8. The average molecular weight is 1200 g/mol. The predicted molar refractivity (Wildman–Crippen MR) is 344 cm³/mol. The van der Waals surface area contributed by atoms with E-state index in [0.717, 1.165) is 215 Å². The normalized spacial score (nSPS) is 12.3. The van der Waals surface area contributed by atoms with Gasteiger partial charge in [0.1, 0.15) is 23.0 Å². The van der Waals surface area contributed by atoms with E-state index in [1.54, 1.807) is 0 Å². The Labute approximate surface area is 520 Å². The molecule has 20 nitrogen and oxygen atoms in total. The van der Waals surface area contributed by atoms with Crippen LogP contribution in [-0.4, -0.2) is 86.4 Å². The summed E-state index contributed by atoms with van der Waals surface area (Å²) in [6.45, 7) is 14.3. The van der Waals surface area contributed by atoms with Gasteiger partial charge in [-0.15, -0.1) is 20.4 Å². The molecule has 0 fully saturated rings. The molecule has 0 radical (unpaired) electrons. The van der Waals surface area contributed by atoms with Gasteiger partial charge >= 0.3 is 0 Å². The molecule has 1 aliphatic rings. The highest BCUT2D eigenvalue weighted by Gasteiger charge is 2.26. The third-order valence-corrected chi connectivity index (χ3v) is 16.3. The molecule has 0 spiro atoms. The summed E-state index contributed by atoms with van der Waals surface area (Å²) in [5, 5.41) is 35.9. The van der Waals surface area contributed by atoms with Crippen LogP contribution in [0.15, 0.2) is 73.3 Å². The lowest BCUT2D eigenvalue weighted by Crippen LogP contribution is -2.13. The van der Waals surface area contributed by atoms with Crippen molar-refractivity contribution in [2.45, 2.75) is 208 Å². The van der Waals surface area contributed by atoms with Crippen molar-refractivity contribution in [3.8, 4) is 23.0 Å². The Morgan fingerprint density at radius 2 is 0.511 bits per heavy atom. The summed E-state index contributed by atoms with van der Waals surface area (Å²) in [6.07, 6.45) is 26.7.